The Bertz CT molecular complexity index is 568. The van der Waals surface area contributed by atoms with Gasteiger partial charge in [-0.25, -0.2) is 13.1 Å². The van der Waals surface area contributed by atoms with Crippen LogP contribution >= 0.6 is 0 Å². The van der Waals surface area contributed by atoms with Gasteiger partial charge in [0.25, 0.3) is 0 Å². The Morgan fingerprint density at radius 3 is 2.55 bits per heavy atom. The molecule has 22 heavy (non-hydrogen) atoms. The van der Waals surface area contributed by atoms with Crippen LogP contribution in [0, 0.1) is 0 Å². The second-order valence-electron chi connectivity index (χ2n) is 4.96. The van der Waals surface area contributed by atoms with E-state index in [1.807, 2.05) is 30.3 Å². The molecule has 0 bridgehead atoms. The highest BCUT2D eigenvalue weighted by molar-refractivity contribution is 7.92. The van der Waals surface area contributed by atoms with E-state index in [4.69, 9.17) is 0 Å². The Hall–Kier alpha value is -1.66. The third-order valence-electron chi connectivity index (χ3n) is 3.00. The molecule has 122 valence electrons. The van der Waals surface area contributed by atoms with E-state index in [2.05, 4.69) is 17.0 Å². The fourth-order valence-corrected chi connectivity index (χ4v) is 2.60. The molecule has 0 saturated heterocycles. The molecule has 0 aliphatic carbocycles. The van der Waals surface area contributed by atoms with Gasteiger partial charge >= 0.3 is 0 Å². The standard InChI is InChI=1S/C16H24N2O3S/c1-2-3-7-12-17-16(19)10-13-18-22(20,21)14-11-15-8-5-4-6-9-15/h4-6,8-9,11,14,18H,2-3,7,10,12-13H2,1H3,(H,17,19)/b14-11+. The second-order valence-corrected chi connectivity index (χ2v) is 6.61. The Morgan fingerprint density at radius 1 is 1.14 bits per heavy atom. The van der Waals surface area contributed by atoms with Gasteiger partial charge in [-0.1, -0.05) is 50.1 Å². The number of sulfonamides is 1. The minimum absolute atomic E-state index is 0.0983. The van der Waals surface area contributed by atoms with Crippen LogP contribution in [-0.2, 0) is 14.8 Å². The molecule has 5 nitrogen and oxygen atoms in total. The first kappa shape index (κ1) is 18.4. The predicted molar refractivity (Wildman–Crippen MR) is 89.6 cm³/mol. The summed E-state index contributed by atoms with van der Waals surface area (Å²) >= 11 is 0. The first-order chi connectivity index (χ1) is 10.5. The van der Waals surface area contributed by atoms with Crippen molar-refractivity contribution in [2.24, 2.45) is 0 Å². The lowest BCUT2D eigenvalue weighted by atomic mass is 10.2. The van der Waals surface area contributed by atoms with Gasteiger partial charge in [0, 0.05) is 24.9 Å². The van der Waals surface area contributed by atoms with Gasteiger partial charge in [0.2, 0.25) is 15.9 Å². The number of hydrogen-bond donors (Lipinski definition) is 2. The minimum atomic E-state index is -3.52. The maximum Gasteiger partial charge on any atom is 0.233 e. The molecular weight excluding hydrogens is 300 g/mol. The Labute approximate surface area is 132 Å². The average Bonchev–Trinajstić information content (AvgIpc) is 2.51. The van der Waals surface area contributed by atoms with Crippen molar-refractivity contribution in [3.8, 4) is 0 Å². The molecule has 1 amide bonds. The van der Waals surface area contributed by atoms with E-state index in [0.29, 0.717) is 6.54 Å². The highest BCUT2D eigenvalue weighted by Gasteiger charge is 2.06. The number of rotatable bonds is 10. The number of unbranched alkanes of at least 4 members (excludes halogenated alkanes) is 2. The lowest BCUT2D eigenvalue weighted by Crippen LogP contribution is -2.30. The molecule has 0 radical (unpaired) electrons. The van der Waals surface area contributed by atoms with E-state index in [0.717, 1.165) is 30.2 Å². The summed E-state index contributed by atoms with van der Waals surface area (Å²) in [7, 11) is -3.52. The van der Waals surface area contributed by atoms with Gasteiger partial charge < -0.3 is 5.32 Å². The second kappa shape index (κ2) is 10.1. The van der Waals surface area contributed by atoms with E-state index >= 15 is 0 Å². The Balaban J connectivity index is 2.28. The number of carbonyl (C=O) groups is 1. The van der Waals surface area contributed by atoms with Crippen LogP contribution in [0.5, 0.6) is 0 Å². The van der Waals surface area contributed by atoms with Crippen molar-refractivity contribution in [1.29, 1.82) is 0 Å². The van der Waals surface area contributed by atoms with Gasteiger partial charge in [0.05, 0.1) is 0 Å². The lowest BCUT2D eigenvalue weighted by molar-refractivity contribution is -0.120. The maximum atomic E-state index is 11.8. The van der Waals surface area contributed by atoms with Crippen molar-refractivity contribution < 1.29 is 13.2 Å². The fourth-order valence-electron chi connectivity index (χ4n) is 1.78. The SMILES string of the molecule is CCCCCNC(=O)CCNS(=O)(=O)/C=C/c1ccccc1. The molecule has 0 fully saturated rings. The molecule has 2 N–H and O–H groups in total. The van der Waals surface area contributed by atoms with Crippen molar-refractivity contribution in [3.05, 3.63) is 41.3 Å². The van der Waals surface area contributed by atoms with Crippen molar-refractivity contribution in [3.63, 3.8) is 0 Å². The molecule has 1 aromatic rings. The van der Waals surface area contributed by atoms with Crippen LogP contribution in [0.25, 0.3) is 6.08 Å². The molecule has 0 aromatic heterocycles. The monoisotopic (exact) mass is 324 g/mol. The van der Waals surface area contributed by atoms with Crippen LogP contribution in [-0.4, -0.2) is 27.4 Å². The van der Waals surface area contributed by atoms with Gasteiger partial charge in [-0.15, -0.1) is 0 Å². The molecule has 0 aliphatic rings. The van der Waals surface area contributed by atoms with Crippen LogP contribution in [0.3, 0.4) is 0 Å². The summed E-state index contributed by atoms with van der Waals surface area (Å²) in [5.41, 5.74) is 0.807. The summed E-state index contributed by atoms with van der Waals surface area (Å²) in [6.45, 7) is 2.84. The molecule has 0 heterocycles. The summed E-state index contributed by atoms with van der Waals surface area (Å²) in [6.07, 6.45) is 4.80. The van der Waals surface area contributed by atoms with Gasteiger partial charge in [0.15, 0.2) is 0 Å². The van der Waals surface area contributed by atoms with Gasteiger partial charge in [-0.3, -0.25) is 4.79 Å². The molecular formula is C16H24N2O3S. The van der Waals surface area contributed by atoms with Crippen LogP contribution in [0.4, 0.5) is 0 Å². The van der Waals surface area contributed by atoms with Crippen molar-refractivity contribution in [2.75, 3.05) is 13.1 Å². The zero-order valence-electron chi connectivity index (χ0n) is 12.9. The zero-order chi connectivity index (χ0) is 16.3. The Kier molecular flexibility index (Phi) is 8.47. The zero-order valence-corrected chi connectivity index (χ0v) is 13.7. The minimum Gasteiger partial charge on any atom is -0.356 e. The molecule has 0 atom stereocenters. The maximum absolute atomic E-state index is 11.8. The first-order valence-electron chi connectivity index (χ1n) is 7.53. The smallest absolute Gasteiger partial charge is 0.233 e. The van der Waals surface area contributed by atoms with Gasteiger partial charge in [-0.2, -0.15) is 0 Å². The van der Waals surface area contributed by atoms with Crippen LogP contribution in [0.15, 0.2) is 35.7 Å². The molecule has 1 aromatic carbocycles. The Morgan fingerprint density at radius 2 is 1.86 bits per heavy atom. The summed E-state index contributed by atoms with van der Waals surface area (Å²) in [5.74, 6) is -0.133. The third-order valence-corrected chi connectivity index (χ3v) is 4.10. The van der Waals surface area contributed by atoms with Crippen molar-refractivity contribution >= 4 is 22.0 Å². The van der Waals surface area contributed by atoms with E-state index in [-0.39, 0.29) is 18.9 Å². The van der Waals surface area contributed by atoms with Crippen molar-refractivity contribution in [2.45, 2.75) is 32.6 Å². The first-order valence-corrected chi connectivity index (χ1v) is 9.07. The van der Waals surface area contributed by atoms with Crippen LogP contribution < -0.4 is 10.0 Å². The number of benzene rings is 1. The lowest BCUT2D eigenvalue weighted by Gasteiger charge is -2.05. The van der Waals surface area contributed by atoms with E-state index in [1.54, 1.807) is 0 Å². The molecule has 0 unspecified atom stereocenters. The molecule has 0 saturated carbocycles. The van der Waals surface area contributed by atoms with Crippen LogP contribution in [0.1, 0.15) is 38.2 Å². The quantitative estimate of drug-likeness (QED) is 0.648. The van der Waals surface area contributed by atoms with Crippen molar-refractivity contribution in [1.82, 2.24) is 10.0 Å². The highest BCUT2D eigenvalue weighted by atomic mass is 32.2. The molecule has 1 rings (SSSR count). The van der Waals surface area contributed by atoms with Gasteiger partial charge in [-0.05, 0) is 18.1 Å². The molecule has 0 aliphatic heterocycles. The van der Waals surface area contributed by atoms with E-state index < -0.39 is 10.0 Å². The summed E-state index contributed by atoms with van der Waals surface area (Å²) in [5, 5.41) is 3.88. The number of amides is 1. The normalized spacial score (nSPS) is 11.7. The predicted octanol–water partition coefficient (Wildman–Crippen LogP) is 2.27. The largest absolute Gasteiger partial charge is 0.356 e. The summed E-state index contributed by atoms with van der Waals surface area (Å²) in [4.78, 5) is 11.5. The highest BCUT2D eigenvalue weighted by Crippen LogP contribution is 2.02. The summed E-state index contributed by atoms with van der Waals surface area (Å²) in [6, 6.07) is 9.17. The topological polar surface area (TPSA) is 75.3 Å². The number of nitrogens with one attached hydrogen (secondary N) is 2. The van der Waals surface area contributed by atoms with E-state index in [1.165, 1.54) is 6.08 Å². The summed E-state index contributed by atoms with van der Waals surface area (Å²) < 4.78 is 25.9. The van der Waals surface area contributed by atoms with E-state index in [9.17, 15) is 13.2 Å². The fraction of sp³-hybridized carbons (Fsp3) is 0.438. The molecule has 6 heteroatoms. The number of carbonyl (C=O) groups excluding carboxylic acids is 1. The molecule has 0 spiro atoms. The van der Waals surface area contributed by atoms with Gasteiger partial charge in [0.1, 0.15) is 0 Å². The average molecular weight is 324 g/mol. The number of hydrogen-bond acceptors (Lipinski definition) is 3. The third kappa shape index (κ3) is 8.59. The van der Waals surface area contributed by atoms with Crippen LogP contribution in [0.2, 0.25) is 0 Å².